The van der Waals surface area contributed by atoms with E-state index in [2.05, 4.69) is 70.5 Å². The van der Waals surface area contributed by atoms with E-state index in [1.807, 2.05) is 36.5 Å². The number of ether oxygens (including phenoxy) is 1. The van der Waals surface area contributed by atoms with Crippen LogP contribution in [0.15, 0.2) is 97.2 Å². The molecule has 0 aliphatic carbocycles. The van der Waals surface area contributed by atoms with Gasteiger partial charge in [0.15, 0.2) is 0 Å². The lowest BCUT2D eigenvalue weighted by molar-refractivity contribution is 0.0997. The third-order valence-corrected chi connectivity index (χ3v) is 8.57. The van der Waals surface area contributed by atoms with Crippen LogP contribution >= 0.6 is 0 Å². The Kier molecular flexibility index (Phi) is 5.19. The molecule has 196 valence electrons. The van der Waals surface area contributed by atoms with Gasteiger partial charge in [0.25, 0.3) is 5.91 Å². The Morgan fingerprint density at radius 3 is 2.62 bits per heavy atom. The molecule has 3 atom stereocenters. The lowest BCUT2D eigenvalue weighted by atomic mass is 9.95. The number of amides is 1. The first kappa shape index (κ1) is 23.2. The number of pyridine rings is 1. The van der Waals surface area contributed by atoms with Gasteiger partial charge in [0.05, 0.1) is 40.4 Å². The second-order valence-electron chi connectivity index (χ2n) is 10.9. The maximum atomic E-state index is 12.4. The fourth-order valence-corrected chi connectivity index (χ4v) is 6.75. The molecule has 0 radical (unpaired) electrons. The van der Waals surface area contributed by atoms with Crippen LogP contribution in [0.2, 0.25) is 0 Å². The minimum Gasteiger partial charge on any atom is -0.379 e. The van der Waals surface area contributed by atoms with Crippen LogP contribution in [0, 0.1) is 0 Å². The van der Waals surface area contributed by atoms with E-state index >= 15 is 0 Å². The Labute approximate surface area is 231 Å². The molecule has 8 rings (SSSR count). The topological polar surface area (TPSA) is 82.2 Å². The number of hydrogen-bond donors (Lipinski definition) is 2. The zero-order valence-electron chi connectivity index (χ0n) is 21.9. The molecule has 6 nitrogen and oxygen atoms in total. The number of benzene rings is 4. The number of nitrogens with zero attached hydrogens (tertiary/aromatic N) is 2. The van der Waals surface area contributed by atoms with Crippen molar-refractivity contribution in [2.24, 2.45) is 5.73 Å². The van der Waals surface area contributed by atoms with Crippen LogP contribution < -0.4 is 11.1 Å². The van der Waals surface area contributed by atoms with E-state index in [1.54, 1.807) is 0 Å². The standard InChI is InChI=1S/C34H28N4O2/c35-34(39)25-14-12-22(17-28(25)37-29-18-23-13-15-32(29)40-23)38-30-10-4-2-7-26(30)33-24(8-5-11-31(33)38)21-16-20-6-1-3-9-27(20)36-19-21/h1-12,14,16-17,19,23,29,32,37H,13,15,18H2,(H2,35,39)/t23?,29-,32?/m0/s1. The van der Waals surface area contributed by atoms with Crippen molar-refractivity contribution >= 4 is 44.3 Å². The second-order valence-corrected chi connectivity index (χ2v) is 10.9. The van der Waals surface area contributed by atoms with Crippen LogP contribution in [0.25, 0.3) is 49.5 Å². The van der Waals surface area contributed by atoms with Crippen molar-refractivity contribution in [1.82, 2.24) is 9.55 Å². The van der Waals surface area contributed by atoms with E-state index in [-0.39, 0.29) is 12.1 Å². The summed E-state index contributed by atoms with van der Waals surface area (Å²) in [6.45, 7) is 0. The summed E-state index contributed by atoms with van der Waals surface area (Å²) in [6, 6.07) is 31.4. The number of carbonyl (C=O) groups is 1. The molecular weight excluding hydrogens is 496 g/mol. The van der Waals surface area contributed by atoms with E-state index in [0.29, 0.717) is 11.7 Å². The highest BCUT2D eigenvalue weighted by Crippen LogP contribution is 2.40. The van der Waals surface area contributed by atoms with Crippen molar-refractivity contribution in [2.75, 3.05) is 5.32 Å². The second kappa shape index (κ2) is 8.93. The molecule has 4 aromatic carbocycles. The molecular formula is C34H28N4O2. The van der Waals surface area contributed by atoms with Gasteiger partial charge in [-0.1, -0.05) is 48.5 Å². The molecule has 0 spiro atoms. The predicted molar refractivity (Wildman–Crippen MR) is 160 cm³/mol. The van der Waals surface area contributed by atoms with Crippen molar-refractivity contribution in [3.05, 3.63) is 103 Å². The van der Waals surface area contributed by atoms with Crippen LogP contribution in [0.3, 0.4) is 0 Å². The fourth-order valence-electron chi connectivity index (χ4n) is 6.75. The van der Waals surface area contributed by atoms with Gasteiger partial charge in [-0.2, -0.15) is 0 Å². The van der Waals surface area contributed by atoms with E-state index in [4.69, 9.17) is 15.5 Å². The summed E-state index contributed by atoms with van der Waals surface area (Å²) in [5, 5.41) is 7.08. The number of fused-ring (bicyclic) bond motifs is 6. The first-order valence-electron chi connectivity index (χ1n) is 13.9. The fraction of sp³-hybridized carbons (Fsp3) is 0.176. The SMILES string of the molecule is NC(=O)c1ccc(-n2c3ccccc3c3c(-c4cnc5ccccc5c4)cccc32)cc1N[C@H]1CC2CCC1O2. The summed E-state index contributed by atoms with van der Waals surface area (Å²) in [7, 11) is 0. The van der Waals surface area contributed by atoms with Crippen molar-refractivity contribution in [3.63, 3.8) is 0 Å². The smallest absolute Gasteiger partial charge is 0.250 e. The number of primary amides is 1. The van der Waals surface area contributed by atoms with Crippen LogP contribution in [0.1, 0.15) is 29.6 Å². The summed E-state index contributed by atoms with van der Waals surface area (Å²) in [4.78, 5) is 17.2. The van der Waals surface area contributed by atoms with Crippen LogP contribution in [-0.2, 0) is 4.74 Å². The molecule has 2 aliphatic heterocycles. The van der Waals surface area contributed by atoms with Gasteiger partial charge in [-0.15, -0.1) is 0 Å². The molecule has 40 heavy (non-hydrogen) atoms. The summed E-state index contributed by atoms with van der Waals surface area (Å²) in [6.07, 6.45) is 5.56. The number of anilines is 1. The number of aromatic nitrogens is 2. The number of para-hydroxylation sites is 2. The zero-order valence-corrected chi connectivity index (χ0v) is 21.9. The highest BCUT2D eigenvalue weighted by atomic mass is 16.5. The number of nitrogens with one attached hydrogen (secondary N) is 1. The molecule has 3 N–H and O–H groups in total. The first-order valence-corrected chi connectivity index (χ1v) is 13.9. The van der Waals surface area contributed by atoms with Gasteiger partial charge >= 0.3 is 0 Å². The third kappa shape index (κ3) is 3.60. The average Bonchev–Trinajstić information content (AvgIpc) is 3.70. The molecule has 0 saturated carbocycles. The van der Waals surface area contributed by atoms with Crippen LogP contribution in [0.5, 0.6) is 0 Å². The van der Waals surface area contributed by atoms with E-state index < -0.39 is 5.91 Å². The van der Waals surface area contributed by atoms with Crippen molar-refractivity contribution in [3.8, 4) is 16.8 Å². The first-order chi connectivity index (χ1) is 19.6. The van der Waals surface area contributed by atoms with Crippen molar-refractivity contribution in [2.45, 2.75) is 37.5 Å². The zero-order chi connectivity index (χ0) is 26.8. The molecule has 2 bridgehead atoms. The summed E-state index contributed by atoms with van der Waals surface area (Å²) < 4.78 is 8.34. The Morgan fingerprint density at radius 1 is 0.925 bits per heavy atom. The molecule has 2 fully saturated rings. The highest BCUT2D eigenvalue weighted by molar-refractivity contribution is 6.16. The summed E-state index contributed by atoms with van der Waals surface area (Å²) >= 11 is 0. The van der Waals surface area contributed by atoms with E-state index in [0.717, 1.165) is 69.1 Å². The van der Waals surface area contributed by atoms with Crippen molar-refractivity contribution < 1.29 is 9.53 Å². The van der Waals surface area contributed by atoms with Gasteiger partial charge in [0, 0.05) is 39.3 Å². The Balaban J connectivity index is 1.32. The minimum absolute atomic E-state index is 0.178. The van der Waals surface area contributed by atoms with Gasteiger partial charge in [-0.25, -0.2) is 0 Å². The van der Waals surface area contributed by atoms with E-state index in [1.165, 1.54) is 5.39 Å². The quantitative estimate of drug-likeness (QED) is 0.259. The van der Waals surface area contributed by atoms with Gasteiger partial charge in [0.2, 0.25) is 0 Å². The van der Waals surface area contributed by atoms with Gasteiger partial charge in [-0.3, -0.25) is 9.78 Å². The molecule has 2 saturated heterocycles. The third-order valence-electron chi connectivity index (χ3n) is 8.57. The van der Waals surface area contributed by atoms with Gasteiger partial charge in [-0.05, 0) is 67.3 Å². The minimum atomic E-state index is -0.438. The normalized spacial score (nSPS) is 20.1. The summed E-state index contributed by atoms with van der Waals surface area (Å²) in [5.74, 6) is -0.438. The van der Waals surface area contributed by atoms with Crippen LogP contribution in [-0.4, -0.2) is 33.7 Å². The Hall–Kier alpha value is -4.68. The summed E-state index contributed by atoms with van der Waals surface area (Å²) in [5.41, 5.74) is 13.4. The molecule has 2 aliphatic rings. The van der Waals surface area contributed by atoms with Crippen molar-refractivity contribution in [1.29, 1.82) is 0 Å². The van der Waals surface area contributed by atoms with Crippen LogP contribution in [0.4, 0.5) is 5.69 Å². The molecule has 6 aromatic rings. The number of rotatable bonds is 5. The lowest BCUT2D eigenvalue weighted by Gasteiger charge is -2.23. The number of carbonyl (C=O) groups excluding carboxylic acids is 1. The maximum Gasteiger partial charge on any atom is 0.250 e. The Bertz CT molecular complexity index is 1960. The van der Waals surface area contributed by atoms with E-state index in [9.17, 15) is 4.79 Å². The molecule has 6 heteroatoms. The van der Waals surface area contributed by atoms with Gasteiger partial charge in [0.1, 0.15) is 0 Å². The monoisotopic (exact) mass is 524 g/mol. The number of hydrogen-bond acceptors (Lipinski definition) is 4. The number of nitrogens with two attached hydrogens (primary N) is 1. The highest BCUT2D eigenvalue weighted by Gasteiger charge is 2.41. The Morgan fingerprint density at radius 2 is 1.77 bits per heavy atom. The average molecular weight is 525 g/mol. The van der Waals surface area contributed by atoms with Gasteiger partial charge < -0.3 is 20.4 Å². The largest absolute Gasteiger partial charge is 0.379 e. The molecule has 2 unspecified atom stereocenters. The lowest BCUT2D eigenvalue weighted by Crippen LogP contribution is -2.31. The predicted octanol–water partition coefficient (Wildman–Crippen LogP) is 6.83. The molecule has 2 aromatic heterocycles. The molecule has 1 amide bonds. The maximum absolute atomic E-state index is 12.4. The molecule has 4 heterocycles.